The molecule has 0 saturated carbocycles. The van der Waals surface area contributed by atoms with Crippen LogP contribution in [0.15, 0.2) is 4.99 Å². The molecule has 0 amide bonds. The van der Waals surface area contributed by atoms with Gasteiger partial charge in [-0.2, -0.15) is 0 Å². The lowest BCUT2D eigenvalue weighted by molar-refractivity contribution is -0.0164. The highest BCUT2D eigenvalue weighted by molar-refractivity contribution is 14.0. The van der Waals surface area contributed by atoms with Crippen LogP contribution >= 0.6 is 24.0 Å². The number of ether oxygens (including phenoxy) is 1. The van der Waals surface area contributed by atoms with Crippen molar-refractivity contribution in [3.8, 4) is 0 Å². The zero-order chi connectivity index (χ0) is 17.5. The Morgan fingerprint density at radius 2 is 1.85 bits per heavy atom. The van der Waals surface area contributed by atoms with Crippen LogP contribution in [0.4, 0.5) is 0 Å². The lowest BCUT2D eigenvalue weighted by Gasteiger charge is -2.45. The monoisotopic (exact) mass is 479 g/mol. The van der Waals surface area contributed by atoms with E-state index in [0.717, 1.165) is 51.6 Å². The van der Waals surface area contributed by atoms with Gasteiger partial charge in [-0.3, -0.25) is 14.8 Å². The molecular weight excluding hydrogens is 441 g/mol. The Labute approximate surface area is 176 Å². The van der Waals surface area contributed by atoms with Gasteiger partial charge in [-0.25, -0.2) is 0 Å². The van der Waals surface area contributed by atoms with Gasteiger partial charge in [0.1, 0.15) is 0 Å². The summed E-state index contributed by atoms with van der Waals surface area (Å²) in [4.78, 5) is 9.74. The molecule has 0 bridgehead atoms. The molecule has 1 unspecified atom stereocenters. The molecule has 3 aliphatic rings. The topological polar surface area (TPSA) is 52.1 Å². The van der Waals surface area contributed by atoms with Gasteiger partial charge in [0.05, 0.1) is 0 Å². The molecule has 0 aromatic rings. The molecule has 3 aliphatic heterocycles. The van der Waals surface area contributed by atoms with Gasteiger partial charge in [-0.15, -0.1) is 24.0 Å². The Hall–Kier alpha value is -0.120. The first kappa shape index (κ1) is 22.2. The molecule has 3 fully saturated rings. The van der Waals surface area contributed by atoms with Gasteiger partial charge in [-0.1, -0.05) is 6.92 Å². The minimum atomic E-state index is 0. The van der Waals surface area contributed by atoms with Crippen molar-refractivity contribution in [3.05, 3.63) is 0 Å². The van der Waals surface area contributed by atoms with Gasteiger partial charge >= 0.3 is 0 Å². The maximum Gasteiger partial charge on any atom is 0.191 e. The van der Waals surface area contributed by atoms with E-state index in [9.17, 15) is 0 Å². The Morgan fingerprint density at radius 1 is 1.12 bits per heavy atom. The zero-order valence-electron chi connectivity index (χ0n) is 16.6. The highest BCUT2D eigenvalue weighted by atomic mass is 127. The summed E-state index contributed by atoms with van der Waals surface area (Å²) in [6.45, 7) is 10.9. The number of likely N-dealkylation sites (N-methyl/N-ethyl adjacent to an activating group) is 1. The predicted molar refractivity (Wildman–Crippen MR) is 119 cm³/mol. The van der Waals surface area contributed by atoms with E-state index in [4.69, 9.17) is 4.74 Å². The smallest absolute Gasteiger partial charge is 0.191 e. The Bertz CT molecular complexity index is 436. The molecule has 7 heteroatoms. The number of nitrogens with one attached hydrogen (secondary N) is 2. The van der Waals surface area contributed by atoms with Crippen LogP contribution in [0.2, 0.25) is 0 Å². The second-order valence-corrected chi connectivity index (χ2v) is 7.76. The number of rotatable bonds is 6. The van der Waals surface area contributed by atoms with E-state index in [1.165, 1.54) is 45.3 Å². The first-order chi connectivity index (χ1) is 12.3. The van der Waals surface area contributed by atoms with E-state index in [1.807, 2.05) is 7.05 Å². The van der Waals surface area contributed by atoms with E-state index < -0.39 is 0 Å². The van der Waals surface area contributed by atoms with Crippen molar-refractivity contribution in [2.75, 3.05) is 59.5 Å². The second-order valence-electron chi connectivity index (χ2n) is 7.76. The minimum Gasteiger partial charge on any atom is -0.381 e. The number of guanidine groups is 1. The quantitative estimate of drug-likeness (QED) is 0.346. The maximum absolute atomic E-state index is 5.65. The van der Waals surface area contributed by atoms with Crippen molar-refractivity contribution in [1.82, 2.24) is 20.4 Å². The van der Waals surface area contributed by atoms with E-state index in [0.29, 0.717) is 6.04 Å². The fraction of sp³-hybridized carbons (Fsp3) is 0.947. The first-order valence-electron chi connectivity index (χ1n) is 10.3. The Morgan fingerprint density at radius 3 is 2.50 bits per heavy atom. The van der Waals surface area contributed by atoms with Crippen LogP contribution in [0, 0.1) is 0 Å². The van der Waals surface area contributed by atoms with Crippen LogP contribution < -0.4 is 10.6 Å². The number of likely N-dealkylation sites (tertiary alicyclic amines) is 2. The summed E-state index contributed by atoms with van der Waals surface area (Å²) in [5, 5.41) is 7.21. The highest BCUT2D eigenvalue weighted by Crippen LogP contribution is 2.30. The molecular formula is C19H38IN5O. The van der Waals surface area contributed by atoms with E-state index in [2.05, 4.69) is 32.3 Å². The summed E-state index contributed by atoms with van der Waals surface area (Å²) in [7, 11) is 1.88. The van der Waals surface area contributed by atoms with Gasteiger partial charge in [0.25, 0.3) is 0 Å². The molecule has 0 aliphatic carbocycles. The van der Waals surface area contributed by atoms with Crippen LogP contribution in [0.1, 0.15) is 45.4 Å². The van der Waals surface area contributed by atoms with Gasteiger partial charge < -0.3 is 15.4 Å². The van der Waals surface area contributed by atoms with Crippen LogP contribution in [0.25, 0.3) is 0 Å². The lowest BCUT2D eigenvalue weighted by Crippen LogP contribution is -2.59. The van der Waals surface area contributed by atoms with Crippen molar-refractivity contribution in [2.24, 2.45) is 4.99 Å². The average Bonchev–Trinajstić information content (AvgIpc) is 3.34. The van der Waals surface area contributed by atoms with E-state index in [-0.39, 0.29) is 29.5 Å². The number of hydrogen-bond donors (Lipinski definition) is 2. The Balaban J connectivity index is 0.00000243. The average molecular weight is 479 g/mol. The molecule has 3 rings (SSSR count). The molecule has 3 heterocycles. The third-order valence-corrected chi connectivity index (χ3v) is 6.42. The van der Waals surface area contributed by atoms with Crippen LogP contribution in [0.5, 0.6) is 0 Å². The van der Waals surface area contributed by atoms with Crippen molar-refractivity contribution >= 4 is 29.9 Å². The Kier molecular flexibility index (Phi) is 9.40. The van der Waals surface area contributed by atoms with Gasteiger partial charge in [-0.05, 0) is 64.7 Å². The SMILES string of the molecule is CCN1CCCC1CNC(=NC)NCC1(N2CCCC2)CCOCC1.I. The molecule has 6 nitrogen and oxygen atoms in total. The fourth-order valence-corrected chi connectivity index (χ4v) is 4.77. The van der Waals surface area contributed by atoms with Gasteiger partial charge in [0.2, 0.25) is 0 Å². The standard InChI is InChI=1S/C19H37N5O.HI/c1-3-23-10-6-7-17(23)15-21-18(20-2)22-16-19(8-13-25-14-9-19)24-11-4-5-12-24;/h17H,3-16H2,1-2H3,(H2,20,21,22);1H. The second kappa shape index (κ2) is 11.0. The van der Waals surface area contributed by atoms with Crippen LogP contribution in [-0.4, -0.2) is 86.9 Å². The summed E-state index contributed by atoms with van der Waals surface area (Å²) in [5.74, 6) is 0.952. The summed E-state index contributed by atoms with van der Waals surface area (Å²) in [6.07, 6.45) is 7.55. The summed E-state index contributed by atoms with van der Waals surface area (Å²) in [6, 6.07) is 0.652. The highest BCUT2D eigenvalue weighted by Gasteiger charge is 2.39. The van der Waals surface area contributed by atoms with Gasteiger partial charge in [0, 0.05) is 44.9 Å². The van der Waals surface area contributed by atoms with Crippen molar-refractivity contribution in [3.63, 3.8) is 0 Å². The molecule has 1 atom stereocenters. The summed E-state index contributed by atoms with van der Waals surface area (Å²) >= 11 is 0. The van der Waals surface area contributed by atoms with Crippen molar-refractivity contribution < 1.29 is 4.74 Å². The molecule has 152 valence electrons. The normalized spacial score (nSPS) is 27.3. The first-order valence-corrected chi connectivity index (χ1v) is 10.3. The molecule has 26 heavy (non-hydrogen) atoms. The number of hydrogen-bond acceptors (Lipinski definition) is 4. The van der Waals surface area contributed by atoms with Crippen LogP contribution in [0.3, 0.4) is 0 Å². The molecule has 3 saturated heterocycles. The van der Waals surface area contributed by atoms with E-state index in [1.54, 1.807) is 0 Å². The lowest BCUT2D eigenvalue weighted by atomic mass is 9.88. The van der Waals surface area contributed by atoms with Crippen molar-refractivity contribution in [1.29, 1.82) is 0 Å². The van der Waals surface area contributed by atoms with Crippen molar-refractivity contribution in [2.45, 2.75) is 57.0 Å². The largest absolute Gasteiger partial charge is 0.381 e. The molecule has 0 radical (unpaired) electrons. The minimum absolute atomic E-state index is 0. The maximum atomic E-state index is 5.65. The molecule has 0 aromatic heterocycles. The molecule has 0 aromatic carbocycles. The van der Waals surface area contributed by atoms with Gasteiger partial charge in [0.15, 0.2) is 5.96 Å². The fourth-order valence-electron chi connectivity index (χ4n) is 4.77. The molecule has 0 spiro atoms. The predicted octanol–water partition coefficient (Wildman–Crippen LogP) is 1.90. The molecule has 2 N–H and O–H groups in total. The number of halogens is 1. The third-order valence-electron chi connectivity index (χ3n) is 6.42. The third kappa shape index (κ3) is 5.45. The number of aliphatic imine (C=N–C) groups is 1. The zero-order valence-corrected chi connectivity index (χ0v) is 19.0. The summed E-state index contributed by atoms with van der Waals surface area (Å²) in [5.41, 5.74) is 0.245. The van der Waals surface area contributed by atoms with Crippen LogP contribution in [-0.2, 0) is 4.74 Å². The van der Waals surface area contributed by atoms with E-state index >= 15 is 0 Å². The number of nitrogens with zero attached hydrogens (tertiary/aromatic N) is 3. The summed E-state index contributed by atoms with van der Waals surface area (Å²) < 4.78 is 5.65.